The minimum Gasteiger partial charge on any atom is -0.375 e. The predicted octanol–water partition coefficient (Wildman–Crippen LogP) is 3.51. The average Bonchev–Trinajstić information content (AvgIpc) is 2.86. The number of anilines is 2. The number of hydrogen-bond acceptors (Lipinski definition) is 4. The Kier molecular flexibility index (Phi) is 3.93. The molecule has 6 heteroatoms. The Hall–Kier alpha value is -2.60. The number of nitrogen functional groups attached to an aromatic ring is 1. The lowest BCUT2D eigenvalue weighted by Crippen LogP contribution is -2.28. The van der Waals surface area contributed by atoms with Gasteiger partial charge in [0, 0.05) is 12.2 Å². The first-order valence-electron chi connectivity index (χ1n) is 6.86. The number of rotatable bonds is 3. The first kappa shape index (κ1) is 14.3. The van der Waals surface area contributed by atoms with Gasteiger partial charge in [0.2, 0.25) is 0 Å². The van der Waals surface area contributed by atoms with Crippen LogP contribution in [0.25, 0.3) is 10.2 Å². The normalized spacial score (nSPS) is 10.6. The molecule has 0 radical (unpaired) electrons. The largest absolute Gasteiger partial charge is 0.375 e. The molecule has 2 aromatic carbocycles. The van der Waals surface area contributed by atoms with Crippen LogP contribution in [-0.4, -0.2) is 11.0 Å². The van der Waals surface area contributed by atoms with Crippen LogP contribution < -0.4 is 16.4 Å². The van der Waals surface area contributed by atoms with E-state index < -0.39 is 0 Å². The molecule has 5 nitrogen and oxygen atoms in total. The van der Waals surface area contributed by atoms with Crippen molar-refractivity contribution in [1.29, 1.82) is 0 Å². The van der Waals surface area contributed by atoms with Crippen molar-refractivity contribution in [3.05, 3.63) is 53.6 Å². The Morgan fingerprint density at radius 3 is 2.77 bits per heavy atom. The summed E-state index contributed by atoms with van der Waals surface area (Å²) in [6.45, 7) is 2.52. The highest BCUT2D eigenvalue weighted by molar-refractivity contribution is 7.22. The van der Waals surface area contributed by atoms with Crippen molar-refractivity contribution in [1.82, 2.24) is 10.3 Å². The number of fused-ring (bicyclic) bond motifs is 1. The molecule has 1 heterocycles. The minimum absolute atomic E-state index is 0.239. The summed E-state index contributed by atoms with van der Waals surface area (Å²) in [5.41, 5.74) is 9.49. The maximum absolute atomic E-state index is 11.9. The lowest BCUT2D eigenvalue weighted by molar-refractivity contribution is 0.251. The molecule has 0 atom stereocenters. The molecule has 0 unspecified atom stereocenters. The summed E-state index contributed by atoms with van der Waals surface area (Å²) < 4.78 is 0.953. The number of carbonyl (C=O) groups is 1. The van der Waals surface area contributed by atoms with Gasteiger partial charge in [-0.3, -0.25) is 0 Å². The van der Waals surface area contributed by atoms with Gasteiger partial charge in [-0.1, -0.05) is 41.2 Å². The number of nitrogens with zero attached hydrogens (tertiary/aromatic N) is 1. The molecule has 0 bridgehead atoms. The molecular weight excluding hydrogens is 296 g/mol. The first-order valence-corrected chi connectivity index (χ1v) is 7.68. The standard InChI is InChI=1S/C16H16N4OS/c1-10-2-4-11(5-3-10)9-18-16(21)19-12-6-7-13-14(8-12)22-15(17)20-13/h2-8H,9H2,1H3,(H2,17,20)(H2,18,19,21). The zero-order valence-electron chi connectivity index (χ0n) is 12.1. The number of aryl methyl sites for hydroxylation is 1. The summed E-state index contributed by atoms with van der Waals surface area (Å²) >= 11 is 1.40. The second-order valence-electron chi connectivity index (χ2n) is 5.03. The van der Waals surface area contributed by atoms with Crippen molar-refractivity contribution < 1.29 is 4.79 Å². The summed E-state index contributed by atoms with van der Waals surface area (Å²) in [5, 5.41) is 6.17. The molecular formula is C16H16N4OS. The quantitative estimate of drug-likeness (QED) is 0.692. The van der Waals surface area contributed by atoms with Crippen molar-refractivity contribution in [2.75, 3.05) is 11.1 Å². The molecule has 112 valence electrons. The average molecular weight is 312 g/mol. The number of urea groups is 1. The van der Waals surface area contributed by atoms with E-state index in [-0.39, 0.29) is 6.03 Å². The summed E-state index contributed by atoms with van der Waals surface area (Å²) in [6.07, 6.45) is 0. The number of nitrogens with one attached hydrogen (secondary N) is 2. The van der Waals surface area contributed by atoms with Crippen molar-refractivity contribution >= 4 is 38.4 Å². The highest BCUT2D eigenvalue weighted by atomic mass is 32.1. The molecule has 0 fully saturated rings. The summed E-state index contributed by atoms with van der Waals surface area (Å²) in [6, 6.07) is 13.3. The third-order valence-electron chi connectivity index (χ3n) is 3.24. The van der Waals surface area contributed by atoms with E-state index in [1.807, 2.05) is 49.4 Å². The lowest BCUT2D eigenvalue weighted by atomic mass is 10.1. The molecule has 0 spiro atoms. The number of thiazole rings is 1. The van der Waals surface area contributed by atoms with Crippen LogP contribution >= 0.6 is 11.3 Å². The van der Waals surface area contributed by atoms with Gasteiger partial charge in [0.25, 0.3) is 0 Å². The fraction of sp³-hybridized carbons (Fsp3) is 0.125. The number of benzene rings is 2. The number of carbonyl (C=O) groups excluding carboxylic acids is 1. The van der Waals surface area contributed by atoms with Gasteiger partial charge < -0.3 is 16.4 Å². The second kappa shape index (κ2) is 6.03. The van der Waals surface area contributed by atoms with Gasteiger partial charge in [0.1, 0.15) is 0 Å². The van der Waals surface area contributed by atoms with E-state index >= 15 is 0 Å². The maximum atomic E-state index is 11.9. The van der Waals surface area contributed by atoms with E-state index in [4.69, 9.17) is 5.73 Å². The van der Waals surface area contributed by atoms with Crippen molar-refractivity contribution in [3.63, 3.8) is 0 Å². The predicted molar refractivity (Wildman–Crippen MR) is 91.1 cm³/mol. The van der Waals surface area contributed by atoms with Gasteiger partial charge >= 0.3 is 6.03 Å². The highest BCUT2D eigenvalue weighted by Gasteiger charge is 2.05. The van der Waals surface area contributed by atoms with Crippen LogP contribution in [0.5, 0.6) is 0 Å². The molecule has 0 saturated carbocycles. The van der Waals surface area contributed by atoms with Gasteiger partial charge in [-0.05, 0) is 30.7 Å². The Balaban J connectivity index is 1.61. The van der Waals surface area contributed by atoms with Gasteiger partial charge in [-0.25, -0.2) is 9.78 Å². The van der Waals surface area contributed by atoms with Gasteiger partial charge in [-0.15, -0.1) is 0 Å². The third-order valence-corrected chi connectivity index (χ3v) is 4.08. The number of amides is 2. The smallest absolute Gasteiger partial charge is 0.319 e. The van der Waals surface area contributed by atoms with Crippen LogP contribution in [0.15, 0.2) is 42.5 Å². The van der Waals surface area contributed by atoms with Crippen molar-refractivity contribution in [2.24, 2.45) is 0 Å². The fourth-order valence-corrected chi connectivity index (χ4v) is 2.86. The van der Waals surface area contributed by atoms with Crippen LogP contribution in [0.2, 0.25) is 0 Å². The monoisotopic (exact) mass is 312 g/mol. The van der Waals surface area contributed by atoms with E-state index in [0.717, 1.165) is 21.5 Å². The summed E-state index contributed by atoms with van der Waals surface area (Å²) in [7, 11) is 0. The van der Waals surface area contributed by atoms with E-state index in [1.165, 1.54) is 16.9 Å². The number of nitrogens with two attached hydrogens (primary N) is 1. The first-order chi connectivity index (χ1) is 10.6. The Labute approximate surface area is 132 Å². The van der Waals surface area contributed by atoms with E-state index in [9.17, 15) is 4.79 Å². The van der Waals surface area contributed by atoms with Crippen LogP contribution in [-0.2, 0) is 6.54 Å². The molecule has 3 aromatic rings. The zero-order chi connectivity index (χ0) is 15.5. The van der Waals surface area contributed by atoms with Crippen LogP contribution in [0.4, 0.5) is 15.6 Å². The molecule has 0 aliphatic rings. The fourth-order valence-electron chi connectivity index (χ4n) is 2.08. The van der Waals surface area contributed by atoms with E-state index in [2.05, 4.69) is 15.6 Å². The van der Waals surface area contributed by atoms with Gasteiger partial charge in [0.05, 0.1) is 10.2 Å². The topological polar surface area (TPSA) is 80.0 Å². The van der Waals surface area contributed by atoms with Crippen LogP contribution in [0, 0.1) is 6.92 Å². The molecule has 0 saturated heterocycles. The minimum atomic E-state index is -0.239. The maximum Gasteiger partial charge on any atom is 0.319 e. The van der Waals surface area contributed by atoms with Gasteiger partial charge in [0.15, 0.2) is 5.13 Å². The molecule has 2 amide bonds. The van der Waals surface area contributed by atoms with E-state index in [0.29, 0.717) is 11.7 Å². The Morgan fingerprint density at radius 2 is 2.00 bits per heavy atom. The summed E-state index contributed by atoms with van der Waals surface area (Å²) in [4.78, 5) is 16.1. The molecule has 4 N–H and O–H groups in total. The molecule has 3 rings (SSSR count). The van der Waals surface area contributed by atoms with Crippen molar-refractivity contribution in [2.45, 2.75) is 13.5 Å². The zero-order valence-corrected chi connectivity index (χ0v) is 12.9. The number of aromatic nitrogens is 1. The second-order valence-corrected chi connectivity index (χ2v) is 6.09. The SMILES string of the molecule is Cc1ccc(CNC(=O)Nc2ccc3nc(N)sc3c2)cc1. The van der Waals surface area contributed by atoms with E-state index in [1.54, 1.807) is 0 Å². The Morgan fingerprint density at radius 1 is 1.23 bits per heavy atom. The number of hydrogen-bond donors (Lipinski definition) is 3. The molecule has 1 aromatic heterocycles. The van der Waals surface area contributed by atoms with Crippen molar-refractivity contribution in [3.8, 4) is 0 Å². The third kappa shape index (κ3) is 3.35. The van der Waals surface area contributed by atoms with Crippen LogP contribution in [0.3, 0.4) is 0 Å². The van der Waals surface area contributed by atoms with Crippen LogP contribution in [0.1, 0.15) is 11.1 Å². The Bertz CT molecular complexity index is 811. The van der Waals surface area contributed by atoms with Gasteiger partial charge in [-0.2, -0.15) is 0 Å². The molecule has 0 aliphatic carbocycles. The lowest BCUT2D eigenvalue weighted by Gasteiger charge is -2.08. The summed E-state index contributed by atoms with van der Waals surface area (Å²) in [5.74, 6) is 0. The molecule has 0 aliphatic heterocycles. The highest BCUT2D eigenvalue weighted by Crippen LogP contribution is 2.26. The molecule has 22 heavy (non-hydrogen) atoms.